The number of benzene rings is 3. The number of hydrogen-bond acceptors (Lipinski definition) is 5. The summed E-state index contributed by atoms with van der Waals surface area (Å²) in [5.74, 6) is 0.539. The van der Waals surface area contributed by atoms with Gasteiger partial charge in [-0.15, -0.1) is 0 Å². The van der Waals surface area contributed by atoms with Gasteiger partial charge in [0.1, 0.15) is 12.4 Å². The van der Waals surface area contributed by atoms with E-state index in [1.165, 1.54) is 24.3 Å². The molecule has 2 N–H and O–H groups in total. The Morgan fingerprint density at radius 1 is 0.970 bits per heavy atom. The highest BCUT2D eigenvalue weighted by Crippen LogP contribution is 2.30. The lowest BCUT2D eigenvalue weighted by molar-refractivity contribution is 0.0733. The molecule has 0 bridgehead atoms. The molecular weight excluding hydrogens is 438 g/mol. The van der Waals surface area contributed by atoms with Gasteiger partial charge in [0, 0.05) is 34.8 Å². The van der Waals surface area contributed by atoms with Gasteiger partial charge in [0.15, 0.2) is 0 Å². The number of carbonyl (C=O) groups is 1. The van der Waals surface area contributed by atoms with Crippen LogP contribution in [0.1, 0.15) is 15.9 Å². The highest BCUT2D eigenvalue weighted by atomic mass is 32.2. The maximum atomic E-state index is 13.1. The number of para-hydroxylation sites is 1. The second-order valence-electron chi connectivity index (χ2n) is 7.88. The van der Waals surface area contributed by atoms with Gasteiger partial charge < -0.3 is 9.64 Å². The molecule has 166 valence electrons. The quantitative estimate of drug-likeness (QED) is 0.504. The van der Waals surface area contributed by atoms with E-state index in [0.29, 0.717) is 25.3 Å². The van der Waals surface area contributed by atoms with Crippen molar-refractivity contribution in [3.63, 3.8) is 0 Å². The fourth-order valence-electron chi connectivity index (χ4n) is 3.95. The minimum atomic E-state index is -3.81. The SMILES string of the molecule is NS(=O)(=O)c1ccc(C(=O)N2CCOc3ccc(-c4cnc5ccccc5c4)cc3C2)cc1. The zero-order valence-corrected chi connectivity index (χ0v) is 18.5. The predicted molar refractivity (Wildman–Crippen MR) is 125 cm³/mol. The number of sulfonamides is 1. The Balaban J connectivity index is 1.43. The highest BCUT2D eigenvalue weighted by molar-refractivity contribution is 7.89. The summed E-state index contributed by atoms with van der Waals surface area (Å²) in [6.45, 7) is 1.15. The smallest absolute Gasteiger partial charge is 0.254 e. The van der Waals surface area contributed by atoms with Crippen LogP contribution < -0.4 is 9.88 Å². The maximum absolute atomic E-state index is 13.1. The molecule has 0 atom stereocenters. The first-order valence-corrected chi connectivity index (χ1v) is 12.0. The number of nitrogens with two attached hydrogens (primary N) is 1. The minimum absolute atomic E-state index is 0.0303. The Bertz CT molecular complexity index is 1470. The average Bonchev–Trinajstić information content (AvgIpc) is 3.05. The van der Waals surface area contributed by atoms with E-state index in [9.17, 15) is 13.2 Å². The van der Waals surface area contributed by atoms with Crippen molar-refractivity contribution in [2.75, 3.05) is 13.2 Å². The topological polar surface area (TPSA) is 103 Å². The first kappa shape index (κ1) is 21.1. The summed E-state index contributed by atoms with van der Waals surface area (Å²) in [5.41, 5.74) is 4.19. The van der Waals surface area contributed by atoms with Gasteiger partial charge in [0.05, 0.1) is 17.0 Å². The summed E-state index contributed by atoms with van der Waals surface area (Å²) in [6, 6.07) is 21.6. The van der Waals surface area contributed by atoms with Gasteiger partial charge in [0.2, 0.25) is 10.0 Å². The number of aromatic nitrogens is 1. The third kappa shape index (κ3) is 4.30. The van der Waals surface area contributed by atoms with E-state index in [0.717, 1.165) is 33.3 Å². The molecule has 2 heterocycles. The number of pyridine rings is 1. The van der Waals surface area contributed by atoms with Crippen LogP contribution in [0.2, 0.25) is 0 Å². The van der Waals surface area contributed by atoms with Crippen molar-refractivity contribution in [3.05, 3.63) is 90.1 Å². The van der Waals surface area contributed by atoms with Crippen molar-refractivity contribution in [1.82, 2.24) is 9.88 Å². The number of amides is 1. The molecule has 0 unspecified atom stereocenters. The Labute approximate surface area is 191 Å². The molecule has 0 aliphatic carbocycles. The first-order chi connectivity index (χ1) is 15.9. The number of ether oxygens (including phenoxy) is 1. The standard InChI is InChI=1S/C25H21N3O4S/c26-33(30,31)22-8-5-17(6-9-22)25(29)28-11-12-32-24-10-7-18(13-21(24)16-28)20-14-19-3-1-2-4-23(19)27-15-20/h1-10,13-15H,11-12,16H2,(H2,26,30,31). The van der Waals surface area contributed by atoms with Crippen molar-refractivity contribution in [1.29, 1.82) is 0 Å². The Hall–Kier alpha value is -3.75. The molecule has 8 heteroatoms. The van der Waals surface area contributed by atoms with Gasteiger partial charge in [0.25, 0.3) is 5.91 Å². The Kier molecular flexibility index (Phi) is 5.32. The second-order valence-corrected chi connectivity index (χ2v) is 9.45. The highest BCUT2D eigenvalue weighted by Gasteiger charge is 2.22. The molecule has 0 saturated heterocycles. The van der Waals surface area contributed by atoms with E-state index in [-0.39, 0.29) is 10.8 Å². The van der Waals surface area contributed by atoms with Crippen LogP contribution in [0.25, 0.3) is 22.0 Å². The van der Waals surface area contributed by atoms with E-state index in [4.69, 9.17) is 9.88 Å². The molecule has 1 aliphatic rings. The summed E-state index contributed by atoms with van der Waals surface area (Å²) in [6.07, 6.45) is 1.84. The lowest BCUT2D eigenvalue weighted by Crippen LogP contribution is -2.32. The Morgan fingerprint density at radius 2 is 1.76 bits per heavy atom. The van der Waals surface area contributed by atoms with Crippen LogP contribution in [-0.2, 0) is 16.6 Å². The molecule has 0 spiro atoms. The number of carbonyl (C=O) groups excluding carboxylic acids is 1. The summed E-state index contributed by atoms with van der Waals surface area (Å²) in [4.78, 5) is 19.3. The van der Waals surface area contributed by atoms with E-state index in [2.05, 4.69) is 11.1 Å². The van der Waals surface area contributed by atoms with Crippen LogP contribution in [0.15, 0.2) is 83.9 Å². The summed E-state index contributed by atoms with van der Waals surface area (Å²) in [5, 5.41) is 6.20. The average molecular weight is 460 g/mol. The number of nitrogens with zero attached hydrogens (tertiary/aromatic N) is 2. The van der Waals surface area contributed by atoms with Crippen molar-refractivity contribution >= 4 is 26.8 Å². The number of primary sulfonamides is 1. The molecule has 1 aromatic heterocycles. The molecule has 0 saturated carbocycles. The van der Waals surface area contributed by atoms with Gasteiger partial charge in [-0.05, 0) is 54.1 Å². The molecule has 0 fully saturated rings. The molecular formula is C25H21N3O4S. The van der Waals surface area contributed by atoms with Crippen molar-refractivity contribution < 1.29 is 17.9 Å². The van der Waals surface area contributed by atoms with Crippen LogP contribution in [0.3, 0.4) is 0 Å². The summed E-state index contributed by atoms with van der Waals surface area (Å²) < 4.78 is 28.8. The van der Waals surface area contributed by atoms with Crippen LogP contribution in [0, 0.1) is 0 Å². The normalized spacial score (nSPS) is 13.8. The van der Waals surface area contributed by atoms with Gasteiger partial charge >= 0.3 is 0 Å². The van der Waals surface area contributed by atoms with E-state index < -0.39 is 10.0 Å². The molecule has 4 aromatic rings. The fraction of sp³-hybridized carbons (Fsp3) is 0.120. The van der Waals surface area contributed by atoms with Crippen molar-refractivity contribution in [2.24, 2.45) is 5.14 Å². The second kappa shape index (κ2) is 8.31. The fourth-order valence-corrected chi connectivity index (χ4v) is 4.46. The van der Waals surface area contributed by atoms with Gasteiger partial charge in [-0.1, -0.05) is 24.3 Å². The minimum Gasteiger partial charge on any atom is -0.491 e. The van der Waals surface area contributed by atoms with Gasteiger partial charge in [-0.25, -0.2) is 13.6 Å². The number of fused-ring (bicyclic) bond motifs is 2. The zero-order valence-electron chi connectivity index (χ0n) is 17.6. The molecule has 3 aromatic carbocycles. The first-order valence-electron chi connectivity index (χ1n) is 10.4. The third-order valence-corrected chi connectivity index (χ3v) is 6.61. The van der Waals surface area contributed by atoms with Gasteiger partial charge in [-0.2, -0.15) is 0 Å². The Morgan fingerprint density at radius 3 is 2.55 bits per heavy atom. The van der Waals surface area contributed by atoms with Crippen molar-refractivity contribution in [2.45, 2.75) is 11.4 Å². The van der Waals surface area contributed by atoms with E-state index in [1.807, 2.05) is 48.7 Å². The molecule has 5 rings (SSSR count). The van der Waals surface area contributed by atoms with Crippen LogP contribution in [0.4, 0.5) is 0 Å². The van der Waals surface area contributed by atoms with Crippen LogP contribution in [-0.4, -0.2) is 37.4 Å². The number of hydrogen-bond donors (Lipinski definition) is 1. The lowest BCUT2D eigenvalue weighted by Gasteiger charge is -2.20. The molecule has 1 amide bonds. The van der Waals surface area contributed by atoms with Crippen molar-refractivity contribution in [3.8, 4) is 16.9 Å². The molecule has 1 aliphatic heterocycles. The molecule has 7 nitrogen and oxygen atoms in total. The van der Waals surface area contributed by atoms with Crippen LogP contribution in [0.5, 0.6) is 5.75 Å². The monoisotopic (exact) mass is 459 g/mol. The van der Waals surface area contributed by atoms with Gasteiger partial charge in [-0.3, -0.25) is 9.78 Å². The largest absolute Gasteiger partial charge is 0.491 e. The lowest BCUT2D eigenvalue weighted by atomic mass is 10.0. The predicted octanol–water partition coefficient (Wildman–Crippen LogP) is 3.58. The third-order valence-electron chi connectivity index (χ3n) is 5.68. The molecule has 33 heavy (non-hydrogen) atoms. The van der Waals surface area contributed by atoms with E-state index >= 15 is 0 Å². The molecule has 0 radical (unpaired) electrons. The number of rotatable bonds is 3. The zero-order chi connectivity index (χ0) is 23.0. The van der Waals surface area contributed by atoms with Crippen LogP contribution >= 0.6 is 0 Å². The maximum Gasteiger partial charge on any atom is 0.254 e. The summed E-state index contributed by atoms with van der Waals surface area (Å²) >= 11 is 0. The summed E-state index contributed by atoms with van der Waals surface area (Å²) in [7, 11) is -3.81. The van der Waals surface area contributed by atoms with E-state index in [1.54, 1.807) is 4.90 Å².